The standard InChI is InChI=1S/C27H33Cl2FN8O3/c1-14(2)41-27(40)37-9-3-4-17(13-37)33-25-32-12-21-24(36-25)38(18-7-5-15(6-8-18)23(31)39)26(34-21)35-22-19(29)10-16(28)11-20(22)30/h10-12,14-15,17-18H,3-9,13H2,1-2H3,(H2,31,39)(H,34,35)(H,32,33,36). The van der Waals surface area contributed by atoms with Crippen LogP contribution >= 0.6 is 23.2 Å². The molecule has 1 aliphatic heterocycles. The van der Waals surface area contributed by atoms with Crippen LogP contribution < -0.4 is 16.4 Å². The fourth-order valence-corrected chi connectivity index (χ4v) is 6.02. The average Bonchev–Trinajstić information content (AvgIpc) is 3.27. The molecule has 0 bridgehead atoms. The van der Waals surface area contributed by atoms with E-state index >= 15 is 0 Å². The van der Waals surface area contributed by atoms with E-state index in [0.29, 0.717) is 61.8 Å². The number of anilines is 3. The maximum atomic E-state index is 14.9. The number of carbonyl (C=O) groups excluding carboxylic acids is 2. The summed E-state index contributed by atoms with van der Waals surface area (Å²) >= 11 is 12.3. The van der Waals surface area contributed by atoms with Crippen molar-refractivity contribution in [3.8, 4) is 0 Å². The predicted octanol–water partition coefficient (Wildman–Crippen LogP) is 5.65. The minimum atomic E-state index is -0.621. The summed E-state index contributed by atoms with van der Waals surface area (Å²) < 4.78 is 22.1. The van der Waals surface area contributed by atoms with E-state index in [1.807, 2.05) is 18.4 Å². The number of halogens is 3. The Hall–Kier alpha value is -3.38. The summed E-state index contributed by atoms with van der Waals surface area (Å²) in [7, 11) is 0. The Morgan fingerprint density at radius 2 is 1.90 bits per heavy atom. The number of nitrogens with one attached hydrogen (secondary N) is 2. The van der Waals surface area contributed by atoms with Gasteiger partial charge in [0.05, 0.1) is 23.0 Å². The number of imidazole rings is 1. The molecule has 11 nitrogen and oxygen atoms in total. The van der Waals surface area contributed by atoms with Gasteiger partial charge in [0, 0.05) is 36.1 Å². The topological polar surface area (TPSA) is 140 Å². The van der Waals surface area contributed by atoms with Gasteiger partial charge in [0.2, 0.25) is 17.8 Å². The van der Waals surface area contributed by atoms with E-state index in [1.165, 1.54) is 12.1 Å². The Kier molecular flexibility index (Phi) is 8.69. The maximum absolute atomic E-state index is 14.9. The molecule has 1 aliphatic carbocycles. The number of nitrogens with zero attached hydrogens (tertiary/aromatic N) is 5. The molecule has 220 valence electrons. The molecule has 14 heteroatoms. The molecule has 2 amide bonds. The maximum Gasteiger partial charge on any atom is 0.410 e. The first-order chi connectivity index (χ1) is 19.6. The number of hydrogen-bond acceptors (Lipinski definition) is 8. The normalized spacial score (nSPS) is 21.2. The molecule has 41 heavy (non-hydrogen) atoms. The van der Waals surface area contributed by atoms with Crippen LogP contribution in [0.15, 0.2) is 18.3 Å². The summed E-state index contributed by atoms with van der Waals surface area (Å²) in [5.74, 6) is -0.387. The van der Waals surface area contributed by atoms with E-state index in [9.17, 15) is 14.0 Å². The van der Waals surface area contributed by atoms with Gasteiger partial charge in [-0.2, -0.15) is 4.98 Å². The van der Waals surface area contributed by atoms with Crippen LogP contribution in [0.4, 0.5) is 26.8 Å². The first kappa shape index (κ1) is 29.1. The van der Waals surface area contributed by atoms with Crippen LogP contribution in [0.1, 0.15) is 58.4 Å². The second-order valence-corrected chi connectivity index (χ2v) is 11.7. The highest BCUT2D eigenvalue weighted by molar-refractivity contribution is 6.36. The molecule has 3 aromatic rings. The highest BCUT2D eigenvalue weighted by Gasteiger charge is 2.30. The number of likely N-dealkylation sites (tertiary alicyclic amines) is 1. The molecular weight excluding hydrogens is 574 g/mol. The molecular formula is C27H33Cl2FN8O3. The van der Waals surface area contributed by atoms with Gasteiger partial charge in [-0.1, -0.05) is 23.2 Å². The molecule has 3 heterocycles. The number of piperidine rings is 1. The van der Waals surface area contributed by atoms with Gasteiger partial charge in [-0.3, -0.25) is 9.36 Å². The number of hydrogen-bond donors (Lipinski definition) is 3. The third-order valence-electron chi connectivity index (χ3n) is 7.49. The Balaban J connectivity index is 1.45. The predicted molar refractivity (Wildman–Crippen MR) is 155 cm³/mol. The molecule has 0 radical (unpaired) electrons. The van der Waals surface area contributed by atoms with Crippen molar-refractivity contribution in [1.29, 1.82) is 0 Å². The molecule has 5 rings (SSSR count). The van der Waals surface area contributed by atoms with Crippen molar-refractivity contribution in [2.24, 2.45) is 11.7 Å². The minimum Gasteiger partial charge on any atom is -0.447 e. The van der Waals surface area contributed by atoms with Crippen LogP contribution in [-0.2, 0) is 9.53 Å². The van der Waals surface area contributed by atoms with Gasteiger partial charge < -0.3 is 26.0 Å². The number of carbonyl (C=O) groups is 2. The molecule has 1 unspecified atom stereocenters. The smallest absolute Gasteiger partial charge is 0.410 e. The number of primary amides is 1. The zero-order chi connectivity index (χ0) is 29.3. The van der Waals surface area contributed by atoms with Gasteiger partial charge in [-0.25, -0.2) is 19.2 Å². The van der Waals surface area contributed by atoms with Crippen molar-refractivity contribution in [3.05, 3.63) is 34.2 Å². The van der Waals surface area contributed by atoms with Gasteiger partial charge in [0.1, 0.15) is 11.3 Å². The number of amides is 2. The van der Waals surface area contributed by atoms with Crippen LogP contribution in [0, 0.1) is 11.7 Å². The lowest BCUT2D eigenvalue weighted by molar-refractivity contribution is -0.122. The number of benzene rings is 1. The Morgan fingerprint density at radius 1 is 1.15 bits per heavy atom. The van der Waals surface area contributed by atoms with E-state index in [2.05, 4.69) is 20.6 Å². The summed E-state index contributed by atoms with van der Waals surface area (Å²) in [4.78, 5) is 39.9. The van der Waals surface area contributed by atoms with E-state index < -0.39 is 5.82 Å². The molecule has 2 fully saturated rings. The van der Waals surface area contributed by atoms with E-state index in [1.54, 1.807) is 11.1 Å². The highest BCUT2D eigenvalue weighted by atomic mass is 35.5. The average molecular weight is 608 g/mol. The summed E-state index contributed by atoms with van der Waals surface area (Å²) in [5.41, 5.74) is 6.66. The van der Waals surface area contributed by atoms with Crippen molar-refractivity contribution in [2.45, 2.75) is 70.6 Å². The van der Waals surface area contributed by atoms with Crippen molar-refractivity contribution >= 4 is 64.0 Å². The fraction of sp³-hybridized carbons (Fsp3) is 0.519. The third-order valence-corrected chi connectivity index (χ3v) is 8.01. The van der Waals surface area contributed by atoms with Crippen LogP contribution in [0.25, 0.3) is 11.2 Å². The number of ether oxygens (including phenoxy) is 1. The van der Waals surface area contributed by atoms with Crippen molar-refractivity contribution in [1.82, 2.24) is 24.4 Å². The molecule has 1 aromatic carbocycles. The Bertz CT molecular complexity index is 1420. The van der Waals surface area contributed by atoms with Gasteiger partial charge in [0.25, 0.3) is 0 Å². The minimum absolute atomic E-state index is 0.0420. The number of rotatable bonds is 7. The number of aromatic nitrogens is 4. The summed E-state index contributed by atoms with van der Waals surface area (Å²) in [6.45, 7) is 4.73. The summed E-state index contributed by atoms with van der Waals surface area (Å²) in [5, 5.41) is 6.68. The summed E-state index contributed by atoms with van der Waals surface area (Å²) in [6.07, 6.45) is 5.29. The molecule has 0 spiro atoms. The zero-order valence-electron chi connectivity index (χ0n) is 22.9. The lowest BCUT2D eigenvalue weighted by Crippen LogP contribution is -2.46. The zero-order valence-corrected chi connectivity index (χ0v) is 24.4. The van der Waals surface area contributed by atoms with Crippen LogP contribution in [0.2, 0.25) is 10.0 Å². The van der Waals surface area contributed by atoms with Crippen LogP contribution in [0.5, 0.6) is 0 Å². The monoisotopic (exact) mass is 606 g/mol. The van der Waals surface area contributed by atoms with Crippen molar-refractivity contribution < 1.29 is 18.7 Å². The van der Waals surface area contributed by atoms with Gasteiger partial charge in [-0.05, 0) is 64.5 Å². The van der Waals surface area contributed by atoms with E-state index in [0.717, 1.165) is 12.8 Å². The highest BCUT2D eigenvalue weighted by Crippen LogP contribution is 2.38. The Labute approximate surface area is 246 Å². The Morgan fingerprint density at radius 3 is 2.59 bits per heavy atom. The summed E-state index contributed by atoms with van der Waals surface area (Å²) in [6, 6.07) is 2.48. The molecule has 2 aliphatic rings. The third kappa shape index (κ3) is 6.59. The van der Waals surface area contributed by atoms with Gasteiger partial charge in [-0.15, -0.1) is 0 Å². The lowest BCUT2D eigenvalue weighted by atomic mass is 9.85. The van der Waals surface area contributed by atoms with Crippen LogP contribution in [-0.4, -0.2) is 61.7 Å². The van der Waals surface area contributed by atoms with E-state index in [4.69, 9.17) is 38.7 Å². The number of fused-ring (bicyclic) bond motifs is 1. The van der Waals surface area contributed by atoms with Crippen molar-refractivity contribution in [2.75, 3.05) is 23.7 Å². The second-order valence-electron chi connectivity index (χ2n) is 10.8. The SMILES string of the molecule is CC(C)OC(=O)N1CCCC(Nc2ncc3nc(Nc4c(F)cc(Cl)cc4Cl)n(C4CCC(C(N)=O)CC4)c3n2)C1. The number of nitrogens with two attached hydrogens (primary N) is 1. The lowest BCUT2D eigenvalue weighted by Gasteiger charge is -2.33. The van der Waals surface area contributed by atoms with Gasteiger partial charge in [0.15, 0.2) is 5.65 Å². The first-order valence-electron chi connectivity index (χ1n) is 13.8. The fourth-order valence-electron chi connectivity index (χ4n) is 5.51. The molecule has 2 aromatic heterocycles. The quantitative estimate of drug-likeness (QED) is 0.313. The largest absolute Gasteiger partial charge is 0.447 e. The molecule has 1 saturated carbocycles. The van der Waals surface area contributed by atoms with Crippen LogP contribution in [0.3, 0.4) is 0 Å². The molecule has 1 atom stereocenters. The van der Waals surface area contributed by atoms with Gasteiger partial charge >= 0.3 is 6.09 Å². The second kappa shape index (κ2) is 12.2. The molecule has 1 saturated heterocycles. The molecule has 4 N–H and O–H groups in total. The van der Waals surface area contributed by atoms with E-state index in [-0.39, 0.29) is 51.8 Å². The first-order valence-corrected chi connectivity index (χ1v) is 14.5. The van der Waals surface area contributed by atoms with Crippen molar-refractivity contribution in [3.63, 3.8) is 0 Å².